The molecule has 0 aliphatic carbocycles. The highest BCUT2D eigenvalue weighted by Crippen LogP contribution is 2.29. The maximum absolute atomic E-state index is 11.9. The van der Waals surface area contributed by atoms with E-state index in [0.29, 0.717) is 0 Å². The minimum atomic E-state index is 0.152. The van der Waals surface area contributed by atoms with Gasteiger partial charge < -0.3 is 4.90 Å². The van der Waals surface area contributed by atoms with Crippen LogP contribution in [0.15, 0.2) is 29.2 Å². The fourth-order valence-electron chi connectivity index (χ4n) is 1.41. The van der Waals surface area contributed by atoms with Crippen LogP contribution in [-0.4, -0.2) is 28.6 Å². The van der Waals surface area contributed by atoms with Gasteiger partial charge in [0, 0.05) is 16.8 Å². The van der Waals surface area contributed by atoms with Crippen LogP contribution in [0.4, 0.5) is 0 Å². The van der Waals surface area contributed by atoms with E-state index < -0.39 is 0 Å². The highest BCUT2D eigenvalue weighted by atomic mass is 79.9. The minimum Gasteiger partial charge on any atom is -0.328 e. The third-order valence-electron chi connectivity index (χ3n) is 2.14. The van der Waals surface area contributed by atoms with Crippen LogP contribution in [0, 0.1) is 0 Å². The summed E-state index contributed by atoms with van der Waals surface area (Å²) in [5.41, 5.74) is 0.838. The standard InChI is InChI=1S/C10H10BrNOS/c11-5-6-12-7-14-9-4-2-1-3-8(9)10(12)13/h1-4H,5-7H2. The van der Waals surface area contributed by atoms with Crippen molar-refractivity contribution in [1.29, 1.82) is 0 Å². The average Bonchev–Trinajstić information content (AvgIpc) is 2.23. The quantitative estimate of drug-likeness (QED) is 0.771. The Morgan fingerprint density at radius 1 is 1.43 bits per heavy atom. The van der Waals surface area contributed by atoms with Crippen molar-refractivity contribution < 1.29 is 4.79 Å². The summed E-state index contributed by atoms with van der Waals surface area (Å²) in [5, 5.41) is 0.835. The molecule has 1 amide bonds. The summed E-state index contributed by atoms with van der Waals surface area (Å²) in [6, 6.07) is 7.78. The first-order valence-electron chi connectivity index (χ1n) is 4.40. The predicted molar refractivity (Wildman–Crippen MR) is 62.0 cm³/mol. The minimum absolute atomic E-state index is 0.152. The van der Waals surface area contributed by atoms with Crippen LogP contribution in [0.25, 0.3) is 0 Å². The van der Waals surface area contributed by atoms with Gasteiger partial charge in [0.2, 0.25) is 0 Å². The molecule has 0 spiro atoms. The Morgan fingerprint density at radius 2 is 2.21 bits per heavy atom. The van der Waals surface area contributed by atoms with E-state index in [2.05, 4.69) is 15.9 Å². The molecule has 0 saturated carbocycles. The fourth-order valence-corrected chi connectivity index (χ4v) is 2.87. The Morgan fingerprint density at radius 3 is 3.00 bits per heavy atom. The summed E-state index contributed by atoms with van der Waals surface area (Å²) in [6.45, 7) is 0.778. The molecule has 1 aromatic carbocycles. The second-order valence-corrected chi connectivity index (χ2v) is 4.81. The van der Waals surface area contributed by atoms with Crippen molar-refractivity contribution in [3.05, 3.63) is 29.8 Å². The van der Waals surface area contributed by atoms with Crippen molar-refractivity contribution >= 4 is 33.6 Å². The van der Waals surface area contributed by atoms with E-state index in [1.165, 1.54) is 0 Å². The number of thioether (sulfide) groups is 1. The molecule has 74 valence electrons. The van der Waals surface area contributed by atoms with Gasteiger partial charge in [-0.05, 0) is 12.1 Å². The highest BCUT2D eigenvalue weighted by molar-refractivity contribution is 9.09. The van der Waals surface area contributed by atoms with Crippen molar-refractivity contribution in [3.63, 3.8) is 0 Å². The van der Waals surface area contributed by atoms with E-state index in [0.717, 1.165) is 28.2 Å². The van der Waals surface area contributed by atoms with E-state index >= 15 is 0 Å². The Hall–Kier alpha value is -0.480. The number of rotatable bonds is 2. The lowest BCUT2D eigenvalue weighted by atomic mass is 10.2. The maximum Gasteiger partial charge on any atom is 0.255 e. The topological polar surface area (TPSA) is 20.3 Å². The number of amides is 1. The van der Waals surface area contributed by atoms with Crippen molar-refractivity contribution in [2.75, 3.05) is 17.8 Å². The van der Waals surface area contributed by atoms with Gasteiger partial charge in [0.25, 0.3) is 5.91 Å². The molecule has 2 nitrogen and oxygen atoms in total. The number of benzene rings is 1. The van der Waals surface area contributed by atoms with Gasteiger partial charge in [-0.15, -0.1) is 11.8 Å². The van der Waals surface area contributed by atoms with Crippen LogP contribution < -0.4 is 0 Å². The summed E-state index contributed by atoms with van der Waals surface area (Å²) in [5.74, 6) is 0.917. The molecule has 2 rings (SSSR count). The van der Waals surface area contributed by atoms with Gasteiger partial charge in [-0.2, -0.15) is 0 Å². The van der Waals surface area contributed by atoms with Crippen LogP contribution in [0.1, 0.15) is 10.4 Å². The van der Waals surface area contributed by atoms with Gasteiger partial charge in [-0.25, -0.2) is 0 Å². The summed E-state index contributed by atoms with van der Waals surface area (Å²) in [4.78, 5) is 14.9. The normalized spacial score (nSPS) is 15.5. The number of hydrogen-bond acceptors (Lipinski definition) is 2. The number of carbonyl (C=O) groups is 1. The van der Waals surface area contributed by atoms with Gasteiger partial charge in [0.05, 0.1) is 11.4 Å². The summed E-state index contributed by atoms with van der Waals surface area (Å²) in [6.07, 6.45) is 0. The fraction of sp³-hybridized carbons (Fsp3) is 0.300. The molecule has 1 aliphatic heterocycles. The molecular weight excluding hydrogens is 262 g/mol. The molecule has 0 N–H and O–H groups in total. The molecule has 1 aliphatic rings. The number of fused-ring (bicyclic) bond motifs is 1. The van der Waals surface area contributed by atoms with Crippen LogP contribution >= 0.6 is 27.7 Å². The molecule has 0 radical (unpaired) electrons. The molecule has 0 atom stereocenters. The van der Waals surface area contributed by atoms with Crippen molar-refractivity contribution in [1.82, 2.24) is 4.90 Å². The van der Waals surface area contributed by atoms with E-state index in [-0.39, 0.29) is 5.91 Å². The number of carbonyl (C=O) groups excluding carboxylic acids is 1. The number of nitrogens with zero attached hydrogens (tertiary/aromatic N) is 1. The zero-order valence-electron chi connectivity index (χ0n) is 7.57. The molecule has 0 unspecified atom stereocenters. The first-order valence-corrected chi connectivity index (χ1v) is 6.50. The van der Waals surface area contributed by atoms with Gasteiger partial charge in [0.15, 0.2) is 0 Å². The Balaban J connectivity index is 2.27. The second kappa shape index (κ2) is 4.36. The van der Waals surface area contributed by atoms with Crippen LogP contribution in [-0.2, 0) is 0 Å². The van der Waals surface area contributed by atoms with Crippen LogP contribution in [0.3, 0.4) is 0 Å². The number of hydrogen-bond donors (Lipinski definition) is 0. The summed E-state index contributed by atoms with van der Waals surface area (Å²) < 4.78 is 0. The molecule has 0 aromatic heterocycles. The number of alkyl halides is 1. The molecule has 0 fully saturated rings. The van der Waals surface area contributed by atoms with E-state index in [4.69, 9.17) is 0 Å². The molecular formula is C10H10BrNOS. The van der Waals surface area contributed by atoms with Crippen molar-refractivity contribution in [2.24, 2.45) is 0 Å². The Kier molecular flexibility index (Phi) is 3.13. The third kappa shape index (κ3) is 1.81. The molecule has 14 heavy (non-hydrogen) atoms. The van der Waals surface area contributed by atoms with Crippen LogP contribution in [0.2, 0.25) is 0 Å². The Labute approximate surface area is 95.8 Å². The maximum atomic E-state index is 11.9. The van der Waals surface area contributed by atoms with Crippen LogP contribution in [0.5, 0.6) is 0 Å². The lowest BCUT2D eigenvalue weighted by Crippen LogP contribution is -2.35. The zero-order chi connectivity index (χ0) is 9.97. The SMILES string of the molecule is O=C1c2ccccc2SCN1CCBr. The molecule has 0 bridgehead atoms. The second-order valence-electron chi connectivity index (χ2n) is 3.03. The smallest absolute Gasteiger partial charge is 0.255 e. The lowest BCUT2D eigenvalue weighted by Gasteiger charge is -2.27. The van der Waals surface area contributed by atoms with Gasteiger partial charge in [-0.3, -0.25) is 4.79 Å². The average molecular weight is 272 g/mol. The Bertz CT molecular complexity index is 356. The van der Waals surface area contributed by atoms with Crippen molar-refractivity contribution in [3.8, 4) is 0 Å². The predicted octanol–water partition coefficient (Wildman–Crippen LogP) is 2.59. The number of halogens is 1. The lowest BCUT2D eigenvalue weighted by molar-refractivity contribution is 0.0787. The highest BCUT2D eigenvalue weighted by Gasteiger charge is 2.23. The third-order valence-corrected chi connectivity index (χ3v) is 3.60. The summed E-state index contributed by atoms with van der Waals surface area (Å²) in [7, 11) is 0. The van der Waals surface area contributed by atoms with Gasteiger partial charge >= 0.3 is 0 Å². The van der Waals surface area contributed by atoms with E-state index in [9.17, 15) is 4.79 Å². The summed E-state index contributed by atoms with van der Waals surface area (Å²) >= 11 is 5.07. The monoisotopic (exact) mass is 271 g/mol. The van der Waals surface area contributed by atoms with E-state index in [1.54, 1.807) is 11.8 Å². The van der Waals surface area contributed by atoms with E-state index in [1.807, 2.05) is 29.2 Å². The van der Waals surface area contributed by atoms with Crippen molar-refractivity contribution in [2.45, 2.75) is 4.90 Å². The molecule has 1 aromatic rings. The molecule has 4 heteroatoms. The zero-order valence-corrected chi connectivity index (χ0v) is 9.97. The largest absolute Gasteiger partial charge is 0.328 e. The molecule has 1 heterocycles. The first kappa shape index (κ1) is 10.1. The van der Waals surface area contributed by atoms with Gasteiger partial charge in [-0.1, -0.05) is 28.1 Å². The molecule has 0 saturated heterocycles. The van der Waals surface area contributed by atoms with Gasteiger partial charge in [0.1, 0.15) is 0 Å². The first-order chi connectivity index (χ1) is 6.83.